The number of aliphatic imine (C=N–C) groups is 1. The monoisotopic (exact) mass is 167 g/mol. The van der Waals surface area contributed by atoms with Crippen molar-refractivity contribution in [3.8, 4) is 0 Å². The lowest BCUT2D eigenvalue weighted by Gasteiger charge is -2.29. The largest absolute Gasteiger partial charge is 0.335 e. The van der Waals surface area contributed by atoms with Gasteiger partial charge in [-0.3, -0.25) is 5.41 Å². The molecule has 2 heterocycles. The SMILES string of the molecule is C[N+]12C(=CN=C1N)CC(=N)N2N. The van der Waals surface area contributed by atoms with Gasteiger partial charge in [0.2, 0.25) is 0 Å². The summed E-state index contributed by atoms with van der Waals surface area (Å²) < 4.78 is 0.152. The molecule has 0 aromatic carbocycles. The highest BCUT2D eigenvalue weighted by molar-refractivity contribution is 5.87. The Hall–Kier alpha value is -1.40. The molecular weight excluding hydrogens is 156 g/mol. The topological polar surface area (TPSA) is 91.5 Å². The highest BCUT2D eigenvalue weighted by Gasteiger charge is 2.50. The van der Waals surface area contributed by atoms with Gasteiger partial charge in [0.1, 0.15) is 7.05 Å². The molecule has 2 aliphatic heterocycles. The van der Waals surface area contributed by atoms with E-state index < -0.39 is 0 Å². The van der Waals surface area contributed by atoms with Crippen molar-refractivity contribution in [1.29, 1.82) is 5.41 Å². The summed E-state index contributed by atoms with van der Waals surface area (Å²) in [5, 5.41) is 8.82. The second-order valence-corrected chi connectivity index (χ2v) is 3.03. The molecular formula is C6H11N6+. The van der Waals surface area contributed by atoms with E-state index in [1.807, 2.05) is 7.05 Å². The summed E-state index contributed by atoms with van der Waals surface area (Å²) in [7, 11) is 1.82. The minimum absolute atomic E-state index is 0.152. The first-order valence-electron chi connectivity index (χ1n) is 3.59. The van der Waals surface area contributed by atoms with Gasteiger partial charge in [0.25, 0.3) is 0 Å². The number of nitrogens with two attached hydrogens (primary N) is 2. The summed E-state index contributed by atoms with van der Waals surface area (Å²) in [5.74, 6) is 6.44. The number of quaternary nitrogens is 1. The molecule has 0 amide bonds. The van der Waals surface area contributed by atoms with E-state index in [-0.39, 0.29) is 4.59 Å². The van der Waals surface area contributed by atoms with Crippen LogP contribution in [0.1, 0.15) is 6.42 Å². The van der Waals surface area contributed by atoms with Crippen LogP contribution in [0.2, 0.25) is 0 Å². The van der Waals surface area contributed by atoms with E-state index in [9.17, 15) is 0 Å². The van der Waals surface area contributed by atoms with E-state index in [2.05, 4.69) is 4.99 Å². The van der Waals surface area contributed by atoms with Crippen LogP contribution in [0.15, 0.2) is 16.9 Å². The molecule has 1 atom stereocenters. The van der Waals surface area contributed by atoms with Crippen molar-refractivity contribution < 1.29 is 4.59 Å². The first-order valence-corrected chi connectivity index (χ1v) is 3.59. The minimum atomic E-state index is 0.152. The van der Waals surface area contributed by atoms with Crippen molar-refractivity contribution in [2.24, 2.45) is 16.6 Å². The fourth-order valence-electron chi connectivity index (χ4n) is 1.45. The van der Waals surface area contributed by atoms with E-state index in [0.717, 1.165) is 5.70 Å². The number of hydrazine groups is 1. The smallest absolute Gasteiger partial charge is 0.331 e. The van der Waals surface area contributed by atoms with Crippen LogP contribution in [0.25, 0.3) is 0 Å². The molecule has 1 fully saturated rings. The highest BCUT2D eigenvalue weighted by atomic mass is 15.9. The number of fused-ring (bicyclic) bond motifs is 1. The van der Waals surface area contributed by atoms with Gasteiger partial charge in [-0.05, 0) is 0 Å². The molecule has 6 heteroatoms. The molecule has 2 aliphatic rings. The predicted molar refractivity (Wildman–Crippen MR) is 44.3 cm³/mol. The molecule has 0 aromatic heterocycles. The van der Waals surface area contributed by atoms with Crippen molar-refractivity contribution in [2.45, 2.75) is 6.42 Å². The number of nitrogens with one attached hydrogen (secondary N) is 1. The summed E-state index contributed by atoms with van der Waals surface area (Å²) in [6, 6.07) is 0. The van der Waals surface area contributed by atoms with Gasteiger partial charge in [-0.15, -0.1) is 9.71 Å². The highest BCUT2D eigenvalue weighted by Crippen LogP contribution is 2.31. The summed E-state index contributed by atoms with van der Waals surface area (Å²) >= 11 is 0. The van der Waals surface area contributed by atoms with Crippen LogP contribution >= 0.6 is 0 Å². The maximum absolute atomic E-state index is 7.50. The molecule has 12 heavy (non-hydrogen) atoms. The molecule has 5 N–H and O–H groups in total. The average molecular weight is 167 g/mol. The Kier molecular flexibility index (Phi) is 1.12. The molecule has 64 valence electrons. The molecule has 1 unspecified atom stereocenters. The molecule has 1 saturated heterocycles. The van der Waals surface area contributed by atoms with Crippen LogP contribution < -0.4 is 11.6 Å². The standard InChI is InChI=1S/C6H11N6/c1-12-4(3-10-6(12)8)2-5(7)11(12)9/h3,7H,2,9H2,1H3,(H2,8,10)/q+1. The van der Waals surface area contributed by atoms with Crippen LogP contribution in [0, 0.1) is 5.41 Å². The number of hydrogen-bond acceptors (Lipinski definition) is 4. The molecule has 0 spiro atoms. The Bertz CT molecular complexity index is 316. The second-order valence-electron chi connectivity index (χ2n) is 3.03. The van der Waals surface area contributed by atoms with Gasteiger partial charge in [0.15, 0.2) is 11.5 Å². The van der Waals surface area contributed by atoms with Gasteiger partial charge >= 0.3 is 5.96 Å². The zero-order valence-electron chi connectivity index (χ0n) is 6.78. The molecule has 0 aromatic rings. The Labute approximate surface area is 69.8 Å². The maximum atomic E-state index is 7.50. The van der Waals surface area contributed by atoms with Crippen LogP contribution in [0.4, 0.5) is 0 Å². The number of nitrogens with zero attached hydrogens (tertiary/aromatic N) is 3. The quantitative estimate of drug-likeness (QED) is 0.321. The van der Waals surface area contributed by atoms with E-state index in [1.54, 1.807) is 6.20 Å². The van der Waals surface area contributed by atoms with E-state index in [4.69, 9.17) is 17.0 Å². The minimum Gasteiger partial charge on any atom is -0.335 e. The molecule has 0 saturated carbocycles. The third-order valence-corrected chi connectivity index (χ3v) is 2.41. The van der Waals surface area contributed by atoms with E-state index in [1.165, 1.54) is 5.12 Å². The first kappa shape index (κ1) is 7.26. The summed E-state index contributed by atoms with van der Waals surface area (Å²) in [5.41, 5.74) is 6.60. The zero-order chi connectivity index (χ0) is 8.93. The number of guanidine groups is 1. The van der Waals surface area contributed by atoms with Gasteiger partial charge in [0.05, 0.1) is 12.6 Å². The Morgan fingerprint density at radius 3 is 3.00 bits per heavy atom. The van der Waals surface area contributed by atoms with Crippen LogP contribution in [0.3, 0.4) is 0 Å². The summed E-state index contributed by atoms with van der Waals surface area (Å²) in [4.78, 5) is 3.96. The second kappa shape index (κ2) is 1.85. The number of amidine groups is 1. The van der Waals surface area contributed by atoms with Gasteiger partial charge in [-0.25, -0.2) is 0 Å². The first-order chi connectivity index (χ1) is 5.56. The Balaban J connectivity index is 2.50. The van der Waals surface area contributed by atoms with E-state index in [0.29, 0.717) is 18.2 Å². The lowest BCUT2D eigenvalue weighted by Crippen LogP contribution is -2.61. The van der Waals surface area contributed by atoms with Gasteiger partial charge in [0, 0.05) is 0 Å². The fraction of sp³-hybridized carbons (Fsp3) is 0.333. The fourth-order valence-corrected chi connectivity index (χ4v) is 1.45. The van der Waals surface area contributed by atoms with Crippen molar-refractivity contribution >= 4 is 11.8 Å². The Morgan fingerprint density at radius 1 is 1.75 bits per heavy atom. The van der Waals surface area contributed by atoms with Gasteiger partial charge in [-0.2, -0.15) is 10.8 Å². The van der Waals surface area contributed by atoms with Gasteiger partial charge in [-0.1, -0.05) is 0 Å². The van der Waals surface area contributed by atoms with Crippen LogP contribution in [-0.4, -0.2) is 28.6 Å². The maximum Gasteiger partial charge on any atom is 0.331 e. The molecule has 2 rings (SSSR count). The lowest BCUT2D eigenvalue weighted by molar-refractivity contribution is -0.885. The number of hydrogen-bond donors (Lipinski definition) is 3. The number of rotatable bonds is 0. The van der Waals surface area contributed by atoms with Crippen molar-refractivity contribution in [3.05, 3.63) is 11.9 Å². The Morgan fingerprint density at radius 2 is 2.42 bits per heavy atom. The molecule has 0 aliphatic carbocycles. The average Bonchev–Trinajstić information content (AvgIpc) is 2.41. The van der Waals surface area contributed by atoms with Crippen molar-refractivity contribution in [2.75, 3.05) is 7.05 Å². The molecule has 0 bridgehead atoms. The summed E-state index contributed by atoms with van der Waals surface area (Å²) in [6.45, 7) is 0. The predicted octanol–water partition coefficient (Wildman–Crippen LogP) is -0.926. The normalized spacial score (nSPS) is 33.5. The third-order valence-electron chi connectivity index (χ3n) is 2.41. The third kappa shape index (κ3) is 0.567. The van der Waals surface area contributed by atoms with Crippen molar-refractivity contribution in [3.63, 3.8) is 0 Å². The lowest BCUT2D eigenvalue weighted by atomic mass is 10.3. The van der Waals surface area contributed by atoms with Gasteiger partial charge < -0.3 is 5.73 Å². The van der Waals surface area contributed by atoms with Crippen LogP contribution in [0.5, 0.6) is 0 Å². The summed E-state index contributed by atoms with van der Waals surface area (Å²) in [6.07, 6.45) is 2.20. The molecule has 6 nitrogen and oxygen atoms in total. The zero-order valence-corrected chi connectivity index (χ0v) is 6.78. The molecule has 0 radical (unpaired) electrons. The van der Waals surface area contributed by atoms with E-state index >= 15 is 0 Å². The van der Waals surface area contributed by atoms with Crippen LogP contribution in [-0.2, 0) is 0 Å². The van der Waals surface area contributed by atoms with Crippen molar-refractivity contribution in [1.82, 2.24) is 5.12 Å².